The summed E-state index contributed by atoms with van der Waals surface area (Å²) in [6, 6.07) is 22.7. The first-order chi connectivity index (χ1) is 12.2. The van der Waals surface area contributed by atoms with Crippen molar-refractivity contribution in [3.63, 3.8) is 0 Å². The zero-order valence-electron chi connectivity index (χ0n) is 13.8. The highest BCUT2D eigenvalue weighted by atomic mass is 16.5. The van der Waals surface area contributed by atoms with E-state index >= 15 is 0 Å². The van der Waals surface area contributed by atoms with Crippen LogP contribution in [0.4, 0.5) is 0 Å². The SMILES string of the molecule is COc1ccccc1Cn1c2ccc[c]c2c2c(C(N)=O)cccc21. The van der Waals surface area contributed by atoms with Crippen LogP contribution in [0, 0.1) is 6.07 Å². The number of amides is 1. The van der Waals surface area contributed by atoms with Gasteiger partial charge < -0.3 is 15.0 Å². The third kappa shape index (κ3) is 2.43. The molecule has 0 atom stereocenters. The normalized spacial score (nSPS) is 11.1. The molecule has 0 fully saturated rings. The van der Waals surface area contributed by atoms with Gasteiger partial charge in [0.2, 0.25) is 5.91 Å². The molecule has 0 bridgehead atoms. The van der Waals surface area contributed by atoms with Crippen molar-refractivity contribution >= 4 is 27.7 Å². The number of fused-ring (bicyclic) bond motifs is 3. The summed E-state index contributed by atoms with van der Waals surface area (Å²) >= 11 is 0. The van der Waals surface area contributed by atoms with Crippen molar-refractivity contribution in [1.82, 2.24) is 4.57 Å². The zero-order valence-corrected chi connectivity index (χ0v) is 13.8. The molecule has 0 aliphatic heterocycles. The third-order valence-corrected chi connectivity index (χ3v) is 4.49. The van der Waals surface area contributed by atoms with Gasteiger partial charge in [-0.15, -0.1) is 0 Å². The largest absolute Gasteiger partial charge is 0.496 e. The number of rotatable bonds is 4. The van der Waals surface area contributed by atoms with E-state index in [2.05, 4.69) is 10.6 Å². The van der Waals surface area contributed by atoms with E-state index in [0.717, 1.165) is 33.1 Å². The molecule has 0 aliphatic carbocycles. The van der Waals surface area contributed by atoms with E-state index in [1.807, 2.05) is 54.6 Å². The van der Waals surface area contributed by atoms with Crippen molar-refractivity contribution in [1.29, 1.82) is 0 Å². The van der Waals surface area contributed by atoms with E-state index in [9.17, 15) is 4.79 Å². The number of methoxy groups -OCH3 is 1. The summed E-state index contributed by atoms with van der Waals surface area (Å²) in [6.45, 7) is 0.629. The maximum absolute atomic E-state index is 11.9. The minimum absolute atomic E-state index is 0.431. The number of para-hydroxylation sites is 1. The van der Waals surface area contributed by atoms with Crippen molar-refractivity contribution in [3.8, 4) is 5.75 Å². The minimum Gasteiger partial charge on any atom is -0.496 e. The van der Waals surface area contributed by atoms with E-state index in [0.29, 0.717) is 12.1 Å². The number of primary amides is 1. The molecule has 4 aromatic rings. The summed E-state index contributed by atoms with van der Waals surface area (Å²) in [5.41, 5.74) is 9.15. The molecule has 25 heavy (non-hydrogen) atoms. The standard InChI is InChI=1S/C21H17N2O2/c1-25-19-12-5-2-7-14(19)13-23-17-10-4-3-8-15(17)20-16(21(22)24)9-6-11-18(20)23/h2-7,9-12H,13H2,1H3,(H2,22,24). The fraction of sp³-hybridized carbons (Fsp3) is 0.0952. The van der Waals surface area contributed by atoms with Crippen molar-refractivity contribution in [2.75, 3.05) is 7.11 Å². The van der Waals surface area contributed by atoms with Gasteiger partial charge in [0.1, 0.15) is 5.75 Å². The van der Waals surface area contributed by atoms with E-state index < -0.39 is 5.91 Å². The van der Waals surface area contributed by atoms with Gasteiger partial charge in [-0.2, -0.15) is 0 Å². The van der Waals surface area contributed by atoms with E-state index in [1.165, 1.54) is 0 Å². The van der Waals surface area contributed by atoms with E-state index in [1.54, 1.807) is 13.2 Å². The van der Waals surface area contributed by atoms with Gasteiger partial charge in [0.05, 0.1) is 24.7 Å². The monoisotopic (exact) mass is 329 g/mol. The van der Waals surface area contributed by atoms with Crippen molar-refractivity contribution in [3.05, 3.63) is 77.9 Å². The fourth-order valence-electron chi connectivity index (χ4n) is 3.39. The number of nitrogens with zero attached hydrogens (tertiary/aromatic N) is 1. The maximum atomic E-state index is 11.9. The molecule has 1 radical (unpaired) electrons. The molecule has 0 aliphatic rings. The molecule has 1 amide bonds. The summed E-state index contributed by atoms with van der Waals surface area (Å²) in [4.78, 5) is 11.9. The molecular weight excluding hydrogens is 312 g/mol. The lowest BCUT2D eigenvalue weighted by Gasteiger charge is -2.11. The van der Waals surface area contributed by atoms with Crippen LogP contribution in [0.3, 0.4) is 0 Å². The molecule has 1 aromatic heterocycles. The summed E-state index contributed by atoms with van der Waals surface area (Å²) in [7, 11) is 1.67. The first kappa shape index (κ1) is 15.3. The van der Waals surface area contributed by atoms with Crippen LogP contribution in [-0.2, 0) is 6.54 Å². The summed E-state index contributed by atoms with van der Waals surface area (Å²) in [6.07, 6.45) is 0. The quantitative estimate of drug-likeness (QED) is 0.620. The van der Waals surface area contributed by atoms with E-state index in [-0.39, 0.29) is 0 Å². The smallest absolute Gasteiger partial charge is 0.249 e. The van der Waals surface area contributed by atoms with Crippen LogP contribution in [0.5, 0.6) is 5.75 Å². The Morgan fingerprint density at radius 3 is 2.68 bits per heavy atom. The molecule has 0 saturated carbocycles. The van der Waals surface area contributed by atoms with Gasteiger partial charge >= 0.3 is 0 Å². The lowest BCUT2D eigenvalue weighted by molar-refractivity contribution is 0.100. The predicted molar refractivity (Wildman–Crippen MR) is 98.9 cm³/mol. The predicted octanol–water partition coefficient (Wildman–Crippen LogP) is 3.75. The number of ether oxygens (including phenoxy) is 1. The molecule has 4 nitrogen and oxygen atoms in total. The number of carbonyl (C=O) groups is 1. The summed E-state index contributed by atoms with van der Waals surface area (Å²) in [5.74, 6) is 0.405. The summed E-state index contributed by atoms with van der Waals surface area (Å²) < 4.78 is 7.66. The molecule has 123 valence electrons. The lowest BCUT2D eigenvalue weighted by atomic mass is 10.1. The Hall–Kier alpha value is -3.27. The number of carbonyl (C=O) groups excluding carboxylic acids is 1. The van der Waals surface area contributed by atoms with Gasteiger partial charge in [-0.25, -0.2) is 0 Å². The molecule has 2 N–H and O–H groups in total. The molecular formula is C21H17N2O2. The second-order valence-corrected chi connectivity index (χ2v) is 5.89. The lowest BCUT2D eigenvalue weighted by Crippen LogP contribution is -2.11. The van der Waals surface area contributed by atoms with Crippen molar-refractivity contribution in [2.24, 2.45) is 5.73 Å². The number of nitrogens with two attached hydrogens (primary N) is 1. The van der Waals surface area contributed by atoms with Gasteiger partial charge in [0.15, 0.2) is 0 Å². The number of hydrogen-bond donors (Lipinski definition) is 1. The number of aromatic nitrogens is 1. The molecule has 3 aromatic carbocycles. The Labute approximate surface area is 145 Å². The van der Waals surface area contributed by atoms with Crippen LogP contribution in [-0.4, -0.2) is 17.6 Å². The fourth-order valence-corrected chi connectivity index (χ4v) is 3.39. The Balaban J connectivity index is 2.03. The third-order valence-electron chi connectivity index (χ3n) is 4.49. The molecule has 4 rings (SSSR count). The molecule has 0 unspecified atom stereocenters. The van der Waals surface area contributed by atoms with Gasteiger partial charge in [0, 0.05) is 21.9 Å². The Morgan fingerprint density at radius 2 is 1.88 bits per heavy atom. The maximum Gasteiger partial charge on any atom is 0.249 e. The van der Waals surface area contributed by atoms with Crippen LogP contribution < -0.4 is 10.5 Å². The average molecular weight is 329 g/mol. The van der Waals surface area contributed by atoms with Gasteiger partial charge in [-0.3, -0.25) is 4.79 Å². The second-order valence-electron chi connectivity index (χ2n) is 5.89. The highest BCUT2D eigenvalue weighted by molar-refractivity contribution is 6.17. The molecule has 4 heteroatoms. The Bertz CT molecular complexity index is 1100. The van der Waals surface area contributed by atoms with Crippen LogP contribution in [0.1, 0.15) is 15.9 Å². The molecule has 0 spiro atoms. The van der Waals surface area contributed by atoms with Crippen LogP contribution >= 0.6 is 0 Å². The first-order valence-electron chi connectivity index (χ1n) is 8.04. The Kier molecular flexibility index (Phi) is 3.65. The topological polar surface area (TPSA) is 57.2 Å². The average Bonchev–Trinajstić information content (AvgIpc) is 2.96. The van der Waals surface area contributed by atoms with Gasteiger partial charge in [-0.05, 0) is 30.3 Å². The van der Waals surface area contributed by atoms with Crippen LogP contribution in [0.15, 0.2) is 60.7 Å². The zero-order chi connectivity index (χ0) is 17.4. The Morgan fingerprint density at radius 1 is 1.08 bits per heavy atom. The highest BCUT2D eigenvalue weighted by Gasteiger charge is 2.17. The van der Waals surface area contributed by atoms with E-state index in [4.69, 9.17) is 10.5 Å². The number of hydrogen-bond acceptors (Lipinski definition) is 2. The first-order valence-corrected chi connectivity index (χ1v) is 8.04. The van der Waals surface area contributed by atoms with Crippen molar-refractivity contribution in [2.45, 2.75) is 6.54 Å². The highest BCUT2D eigenvalue weighted by Crippen LogP contribution is 2.32. The second kappa shape index (κ2) is 5.98. The summed E-state index contributed by atoms with van der Waals surface area (Å²) in [5, 5.41) is 1.75. The van der Waals surface area contributed by atoms with Crippen molar-refractivity contribution < 1.29 is 9.53 Å². The number of benzene rings is 3. The van der Waals surface area contributed by atoms with Gasteiger partial charge in [-0.1, -0.05) is 36.4 Å². The van der Waals surface area contributed by atoms with Crippen LogP contribution in [0.25, 0.3) is 21.8 Å². The molecule has 1 heterocycles. The van der Waals surface area contributed by atoms with Gasteiger partial charge in [0.25, 0.3) is 0 Å². The van der Waals surface area contributed by atoms with Crippen LogP contribution in [0.2, 0.25) is 0 Å². The molecule has 0 saturated heterocycles. The minimum atomic E-state index is -0.431.